The van der Waals surface area contributed by atoms with Gasteiger partial charge in [-0.05, 0) is 25.5 Å². The summed E-state index contributed by atoms with van der Waals surface area (Å²) in [6, 6.07) is 2.60. The zero-order chi connectivity index (χ0) is 15.4. The molecule has 21 heavy (non-hydrogen) atoms. The monoisotopic (exact) mass is 291 g/mol. The molecule has 0 aliphatic rings. The van der Waals surface area contributed by atoms with Gasteiger partial charge in [0.15, 0.2) is 18.0 Å². The van der Waals surface area contributed by atoms with Crippen LogP contribution in [0, 0.1) is 6.92 Å². The largest absolute Gasteiger partial charge is 0.480 e. The van der Waals surface area contributed by atoms with Crippen molar-refractivity contribution in [2.75, 3.05) is 6.61 Å². The molecule has 7 heteroatoms. The van der Waals surface area contributed by atoms with E-state index >= 15 is 0 Å². The summed E-state index contributed by atoms with van der Waals surface area (Å²) >= 11 is 0. The molecule has 7 nitrogen and oxygen atoms in total. The maximum Gasteiger partial charge on any atom is 0.326 e. The standard InChI is InChI=1S/C14H17N3O4/c1-3-10(14(19)20)16-12(18)8-21-11-5-4-6-17-7-9(2)15-13(11)17/h4-7,10H,3,8H2,1-2H3,(H,16,18)(H,19,20). The summed E-state index contributed by atoms with van der Waals surface area (Å²) in [5.74, 6) is -1.06. The number of carboxylic acid groups (broad SMARTS) is 1. The highest BCUT2D eigenvalue weighted by molar-refractivity contribution is 5.84. The Balaban J connectivity index is 2.01. The number of amides is 1. The lowest BCUT2D eigenvalue weighted by atomic mass is 10.2. The molecule has 0 radical (unpaired) electrons. The number of nitrogens with zero attached hydrogens (tertiary/aromatic N) is 2. The number of rotatable bonds is 6. The molecule has 2 aromatic rings. The third-order valence-electron chi connectivity index (χ3n) is 2.97. The number of imidazole rings is 1. The predicted octanol–water partition coefficient (Wildman–Crippen LogP) is 1.00. The lowest BCUT2D eigenvalue weighted by Crippen LogP contribution is -2.42. The van der Waals surface area contributed by atoms with Gasteiger partial charge in [-0.1, -0.05) is 6.92 Å². The predicted molar refractivity (Wildman–Crippen MR) is 75.3 cm³/mol. The third-order valence-corrected chi connectivity index (χ3v) is 2.97. The van der Waals surface area contributed by atoms with E-state index in [4.69, 9.17) is 9.84 Å². The molecule has 0 aliphatic carbocycles. The van der Waals surface area contributed by atoms with Crippen molar-refractivity contribution in [3.63, 3.8) is 0 Å². The average molecular weight is 291 g/mol. The first kappa shape index (κ1) is 14.8. The number of carbonyl (C=O) groups is 2. The van der Waals surface area contributed by atoms with E-state index in [1.165, 1.54) is 0 Å². The van der Waals surface area contributed by atoms with E-state index < -0.39 is 17.9 Å². The lowest BCUT2D eigenvalue weighted by Gasteiger charge is -2.12. The number of hydrogen-bond acceptors (Lipinski definition) is 4. The third kappa shape index (κ3) is 3.50. The van der Waals surface area contributed by atoms with Gasteiger partial charge in [0, 0.05) is 12.4 Å². The molecule has 2 heterocycles. The smallest absolute Gasteiger partial charge is 0.326 e. The van der Waals surface area contributed by atoms with Gasteiger partial charge in [-0.25, -0.2) is 9.78 Å². The number of aromatic nitrogens is 2. The van der Waals surface area contributed by atoms with E-state index in [9.17, 15) is 9.59 Å². The van der Waals surface area contributed by atoms with Crippen molar-refractivity contribution in [3.8, 4) is 5.75 Å². The molecule has 1 atom stereocenters. The molecule has 1 unspecified atom stereocenters. The molecular weight excluding hydrogens is 274 g/mol. The van der Waals surface area contributed by atoms with Gasteiger partial charge in [0.05, 0.1) is 5.69 Å². The van der Waals surface area contributed by atoms with Crippen molar-refractivity contribution in [1.82, 2.24) is 14.7 Å². The van der Waals surface area contributed by atoms with Crippen LogP contribution in [-0.4, -0.2) is 39.0 Å². The van der Waals surface area contributed by atoms with E-state index in [0.29, 0.717) is 17.8 Å². The number of carbonyl (C=O) groups excluding carboxylic acids is 1. The first-order chi connectivity index (χ1) is 10.0. The minimum Gasteiger partial charge on any atom is -0.480 e. The average Bonchev–Trinajstić information content (AvgIpc) is 2.82. The summed E-state index contributed by atoms with van der Waals surface area (Å²) in [6.45, 7) is 3.30. The summed E-state index contributed by atoms with van der Waals surface area (Å²) < 4.78 is 7.23. The van der Waals surface area contributed by atoms with Crippen LogP contribution in [0.15, 0.2) is 24.5 Å². The number of aryl methyl sites for hydroxylation is 1. The van der Waals surface area contributed by atoms with Gasteiger partial charge >= 0.3 is 5.97 Å². The van der Waals surface area contributed by atoms with E-state index in [1.54, 1.807) is 23.5 Å². The molecule has 1 amide bonds. The second kappa shape index (κ2) is 6.25. The number of aliphatic carboxylic acids is 1. The molecule has 0 saturated carbocycles. The number of carboxylic acids is 1. The van der Waals surface area contributed by atoms with E-state index in [1.807, 2.05) is 19.3 Å². The molecular formula is C14H17N3O4. The Kier molecular flexibility index (Phi) is 4.42. The van der Waals surface area contributed by atoms with Crippen molar-refractivity contribution < 1.29 is 19.4 Å². The molecule has 0 bridgehead atoms. The molecule has 2 rings (SSSR count). The van der Waals surface area contributed by atoms with Crippen LogP contribution in [0.3, 0.4) is 0 Å². The van der Waals surface area contributed by atoms with Gasteiger partial charge in [-0.15, -0.1) is 0 Å². The first-order valence-electron chi connectivity index (χ1n) is 6.60. The molecule has 0 aromatic carbocycles. The SMILES string of the molecule is CCC(NC(=O)COc1cccn2cc(C)nc12)C(=O)O. The van der Waals surface area contributed by atoms with Crippen molar-refractivity contribution in [1.29, 1.82) is 0 Å². The highest BCUT2D eigenvalue weighted by Gasteiger charge is 2.18. The molecule has 2 aromatic heterocycles. The number of fused-ring (bicyclic) bond motifs is 1. The molecule has 112 valence electrons. The summed E-state index contributed by atoms with van der Waals surface area (Å²) in [5, 5.41) is 11.3. The van der Waals surface area contributed by atoms with Crippen molar-refractivity contribution in [2.45, 2.75) is 26.3 Å². The number of ether oxygens (including phenoxy) is 1. The minimum atomic E-state index is -1.06. The van der Waals surface area contributed by atoms with Crippen LogP contribution in [0.5, 0.6) is 5.75 Å². The lowest BCUT2D eigenvalue weighted by molar-refractivity contribution is -0.142. The van der Waals surface area contributed by atoms with Crippen LogP contribution in [0.25, 0.3) is 5.65 Å². The fraction of sp³-hybridized carbons (Fsp3) is 0.357. The summed E-state index contributed by atoms with van der Waals surface area (Å²) in [5.41, 5.74) is 1.46. The van der Waals surface area contributed by atoms with Crippen LogP contribution in [0.1, 0.15) is 19.0 Å². The van der Waals surface area contributed by atoms with Crippen molar-refractivity contribution >= 4 is 17.5 Å². The Morgan fingerprint density at radius 1 is 1.52 bits per heavy atom. The molecule has 0 fully saturated rings. The van der Waals surface area contributed by atoms with E-state index in [2.05, 4.69) is 10.3 Å². The van der Waals surface area contributed by atoms with E-state index in [-0.39, 0.29) is 6.61 Å². The van der Waals surface area contributed by atoms with Crippen LogP contribution >= 0.6 is 0 Å². The summed E-state index contributed by atoms with van der Waals surface area (Å²) in [6.07, 6.45) is 4.00. The fourth-order valence-corrected chi connectivity index (χ4v) is 1.94. The Morgan fingerprint density at radius 3 is 2.95 bits per heavy atom. The maximum atomic E-state index is 11.7. The van der Waals surface area contributed by atoms with E-state index in [0.717, 1.165) is 5.69 Å². The van der Waals surface area contributed by atoms with Gasteiger partial charge in [-0.2, -0.15) is 0 Å². The quantitative estimate of drug-likeness (QED) is 0.828. The van der Waals surface area contributed by atoms with Crippen LogP contribution in [0.4, 0.5) is 0 Å². The van der Waals surface area contributed by atoms with Gasteiger partial charge < -0.3 is 19.6 Å². The van der Waals surface area contributed by atoms with Crippen molar-refractivity contribution in [2.24, 2.45) is 0 Å². The molecule has 0 spiro atoms. The summed E-state index contributed by atoms with van der Waals surface area (Å²) in [4.78, 5) is 26.9. The van der Waals surface area contributed by atoms with Crippen LogP contribution in [0.2, 0.25) is 0 Å². The van der Waals surface area contributed by atoms with Gasteiger partial charge in [-0.3, -0.25) is 4.79 Å². The number of nitrogens with one attached hydrogen (secondary N) is 1. The zero-order valence-corrected chi connectivity index (χ0v) is 11.9. The Labute approximate surface area is 121 Å². The second-order valence-corrected chi connectivity index (χ2v) is 4.64. The first-order valence-corrected chi connectivity index (χ1v) is 6.60. The number of pyridine rings is 1. The maximum absolute atomic E-state index is 11.7. The van der Waals surface area contributed by atoms with Gasteiger partial charge in [0.1, 0.15) is 6.04 Å². The Morgan fingerprint density at radius 2 is 2.29 bits per heavy atom. The topological polar surface area (TPSA) is 92.9 Å². The highest BCUT2D eigenvalue weighted by Crippen LogP contribution is 2.18. The Hall–Kier alpha value is -2.57. The fourth-order valence-electron chi connectivity index (χ4n) is 1.94. The molecule has 0 aliphatic heterocycles. The van der Waals surface area contributed by atoms with Gasteiger partial charge in [0.25, 0.3) is 5.91 Å². The zero-order valence-electron chi connectivity index (χ0n) is 11.9. The minimum absolute atomic E-state index is 0.255. The second-order valence-electron chi connectivity index (χ2n) is 4.64. The highest BCUT2D eigenvalue weighted by atomic mass is 16.5. The number of hydrogen-bond donors (Lipinski definition) is 2. The molecule has 2 N–H and O–H groups in total. The van der Waals surface area contributed by atoms with Crippen LogP contribution < -0.4 is 10.1 Å². The van der Waals surface area contributed by atoms with Crippen LogP contribution in [-0.2, 0) is 9.59 Å². The van der Waals surface area contributed by atoms with Gasteiger partial charge in [0.2, 0.25) is 0 Å². The normalized spacial score (nSPS) is 12.1. The summed E-state index contributed by atoms with van der Waals surface area (Å²) in [7, 11) is 0. The molecule has 0 saturated heterocycles. The van der Waals surface area contributed by atoms with Crippen molar-refractivity contribution in [3.05, 3.63) is 30.2 Å². The Bertz CT molecular complexity index is 665.